The first-order valence-corrected chi connectivity index (χ1v) is 9.57. The van der Waals surface area contributed by atoms with E-state index in [9.17, 15) is 0 Å². The molecule has 0 unspecified atom stereocenters. The highest BCUT2D eigenvalue weighted by molar-refractivity contribution is 7.21. The Kier molecular flexibility index (Phi) is 5.07. The van der Waals surface area contributed by atoms with Gasteiger partial charge < -0.3 is 0 Å². The molecule has 0 aliphatic heterocycles. The van der Waals surface area contributed by atoms with Gasteiger partial charge in [0.05, 0.1) is 0 Å². The Morgan fingerprint density at radius 2 is 1.50 bits per heavy atom. The molecule has 2 heteroatoms. The summed E-state index contributed by atoms with van der Waals surface area (Å²) in [4.78, 5) is 0. The molecule has 1 aromatic rings. The monoisotopic (exact) mass is 254 g/mol. The normalized spacial score (nSPS) is 12.4. The minimum absolute atomic E-state index is 0.651. The number of hydrogen-bond acceptors (Lipinski definition) is 0. The van der Waals surface area contributed by atoms with Crippen molar-refractivity contribution in [3.8, 4) is 0 Å². The Hall–Kier alpha value is -0.273. The predicted octanol–water partition coefficient (Wildman–Crippen LogP) is 5.23. The first-order chi connectivity index (χ1) is 7.47. The van der Waals surface area contributed by atoms with Gasteiger partial charge in [-0.2, -0.15) is 11.1 Å². The fourth-order valence-electron chi connectivity index (χ4n) is 2.22. The van der Waals surface area contributed by atoms with E-state index in [-0.39, 0.29) is 0 Å². The van der Waals surface area contributed by atoms with E-state index in [0.717, 1.165) is 6.42 Å². The van der Waals surface area contributed by atoms with Crippen molar-refractivity contribution in [1.29, 1.82) is 0 Å². The molecule has 16 heavy (non-hydrogen) atoms. The molecule has 0 heterocycles. The Balaban J connectivity index is 2.65. The summed E-state index contributed by atoms with van der Waals surface area (Å²) in [6, 6.07) is 11.9. The van der Waals surface area contributed by atoms with Gasteiger partial charge in [0, 0.05) is 0 Å². The molecular weight excluding hydrogens is 232 g/mol. The van der Waals surface area contributed by atoms with Gasteiger partial charge in [0.15, 0.2) is 7.38 Å². The summed E-state index contributed by atoms with van der Waals surface area (Å²) in [5.74, 6) is 0. The topological polar surface area (TPSA) is 0 Å². The van der Waals surface area contributed by atoms with Gasteiger partial charge in [0.1, 0.15) is 0 Å². The second-order valence-corrected chi connectivity index (χ2v) is 12.0. The van der Waals surface area contributed by atoms with Crippen molar-refractivity contribution < 1.29 is 0 Å². The van der Waals surface area contributed by atoms with Crippen LogP contribution in [0.25, 0.3) is 0 Å². The molecule has 0 fully saturated rings. The zero-order chi connectivity index (χ0) is 12.2. The van der Waals surface area contributed by atoms with E-state index in [0.29, 0.717) is 11.1 Å². The Morgan fingerprint density at radius 1 is 1.00 bits per heavy atom. The van der Waals surface area contributed by atoms with Gasteiger partial charge in [-0.1, -0.05) is 58.0 Å². The van der Waals surface area contributed by atoms with Gasteiger partial charge in [-0.25, -0.2) is 0 Å². The maximum absolute atomic E-state index is 6.90. The first-order valence-electron chi connectivity index (χ1n) is 6.19. The van der Waals surface area contributed by atoms with Crippen molar-refractivity contribution in [3.05, 3.63) is 35.9 Å². The van der Waals surface area contributed by atoms with Crippen molar-refractivity contribution in [2.24, 2.45) is 0 Å². The van der Waals surface area contributed by atoms with Gasteiger partial charge in [0.25, 0.3) is 0 Å². The number of benzene rings is 1. The number of halogens is 1. The molecule has 1 aromatic carbocycles. The molecule has 0 aliphatic carbocycles. The summed E-state index contributed by atoms with van der Waals surface area (Å²) >= 11 is 6.90. The van der Waals surface area contributed by atoms with Crippen LogP contribution < -0.4 is 0 Å². The average Bonchev–Trinajstić information content (AvgIpc) is 2.26. The molecule has 0 atom stereocenters. The van der Waals surface area contributed by atoms with Crippen molar-refractivity contribution in [2.45, 2.75) is 51.2 Å². The Bertz CT molecular complexity index is 298. The molecule has 0 saturated heterocycles. The molecule has 0 bridgehead atoms. The van der Waals surface area contributed by atoms with Crippen LogP contribution in [0.1, 0.15) is 33.3 Å². The summed E-state index contributed by atoms with van der Waals surface area (Å²) in [5.41, 5.74) is 2.72. The van der Waals surface area contributed by atoms with Crippen LogP contribution in [0.5, 0.6) is 0 Å². The quantitative estimate of drug-likeness (QED) is 0.498. The van der Waals surface area contributed by atoms with Gasteiger partial charge in [-0.05, 0) is 29.1 Å². The third-order valence-corrected chi connectivity index (χ3v) is 11.6. The summed E-state index contributed by atoms with van der Waals surface area (Å²) in [5, 5.41) is 0. The van der Waals surface area contributed by atoms with Gasteiger partial charge in [-0.3, -0.25) is 0 Å². The van der Waals surface area contributed by atoms with E-state index < -0.39 is 7.38 Å². The lowest BCUT2D eigenvalue weighted by Gasteiger charge is -2.32. The summed E-state index contributed by atoms with van der Waals surface area (Å²) < 4.78 is 0. The Morgan fingerprint density at radius 3 is 1.94 bits per heavy atom. The molecule has 90 valence electrons. The molecule has 0 spiro atoms. The second kappa shape index (κ2) is 5.88. The van der Waals surface area contributed by atoms with E-state index in [1.54, 1.807) is 0 Å². The third kappa shape index (κ3) is 3.36. The zero-order valence-electron chi connectivity index (χ0n) is 10.8. The summed E-state index contributed by atoms with van der Waals surface area (Å²) in [6.45, 7) is 9.13. The second-order valence-electron chi connectivity index (χ2n) is 5.22. The molecule has 0 N–H and O–H groups in total. The molecule has 0 aliphatic rings. The van der Waals surface area contributed by atoms with Crippen molar-refractivity contribution in [1.82, 2.24) is 0 Å². The summed E-state index contributed by atoms with van der Waals surface area (Å²) in [6.07, 6.45) is 1.13. The van der Waals surface area contributed by atoms with Crippen LogP contribution in [0.2, 0.25) is 17.1 Å². The van der Waals surface area contributed by atoms with E-state index in [2.05, 4.69) is 58.0 Å². The van der Waals surface area contributed by atoms with E-state index >= 15 is 0 Å². The van der Waals surface area contributed by atoms with Crippen LogP contribution in [0.3, 0.4) is 0 Å². The fourth-order valence-corrected chi connectivity index (χ4v) is 5.67. The van der Waals surface area contributed by atoms with Crippen LogP contribution in [0.4, 0.5) is 0 Å². The molecular formula is C14H23ClSi. The highest BCUT2D eigenvalue weighted by Gasteiger charge is 2.37. The van der Waals surface area contributed by atoms with Crippen LogP contribution in [0.15, 0.2) is 30.3 Å². The van der Waals surface area contributed by atoms with Crippen LogP contribution in [-0.4, -0.2) is 7.38 Å². The highest BCUT2D eigenvalue weighted by atomic mass is 35.6. The van der Waals surface area contributed by atoms with E-state index in [1.165, 1.54) is 11.6 Å². The SMILES string of the molecule is CC(C)[Si](Cl)(CCc1ccccc1)C(C)C. The molecule has 0 radical (unpaired) electrons. The van der Waals surface area contributed by atoms with Crippen LogP contribution in [0, 0.1) is 0 Å². The molecule has 0 nitrogen and oxygen atoms in total. The maximum Gasteiger partial charge on any atom is 0.161 e. The molecule has 1 rings (SSSR count). The number of rotatable bonds is 5. The molecule has 0 saturated carbocycles. The lowest BCUT2D eigenvalue weighted by molar-refractivity contribution is 0.890. The van der Waals surface area contributed by atoms with Crippen molar-refractivity contribution in [3.63, 3.8) is 0 Å². The fraction of sp³-hybridized carbons (Fsp3) is 0.571. The zero-order valence-corrected chi connectivity index (χ0v) is 12.6. The lowest BCUT2D eigenvalue weighted by Crippen LogP contribution is -2.35. The standard InChI is InChI=1S/C14H23ClSi/c1-12(2)16(15,13(3)4)11-10-14-8-6-5-7-9-14/h5-9,12-13H,10-11H2,1-4H3. The average molecular weight is 255 g/mol. The number of hydrogen-bond donors (Lipinski definition) is 0. The van der Waals surface area contributed by atoms with Crippen LogP contribution in [-0.2, 0) is 6.42 Å². The highest BCUT2D eigenvalue weighted by Crippen LogP contribution is 2.40. The third-order valence-electron chi connectivity index (χ3n) is 3.56. The van der Waals surface area contributed by atoms with Gasteiger partial charge in [-0.15, -0.1) is 0 Å². The smallest absolute Gasteiger partial charge is 0.161 e. The largest absolute Gasteiger partial charge is 0.166 e. The molecule has 0 aromatic heterocycles. The molecule has 0 amide bonds. The van der Waals surface area contributed by atoms with Gasteiger partial charge in [0.2, 0.25) is 0 Å². The maximum atomic E-state index is 6.90. The van der Waals surface area contributed by atoms with Crippen LogP contribution >= 0.6 is 11.1 Å². The van der Waals surface area contributed by atoms with Crippen molar-refractivity contribution >= 4 is 18.5 Å². The van der Waals surface area contributed by atoms with E-state index in [1.807, 2.05) is 0 Å². The predicted molar refractivity (Wildman–Crippen MR) is 76.8 cm³/mol. The van der Waals surface area contributed by atoms with E-state index in [4.69, 9.17) is 11.1 Å². The van der Waals surface area contributed by atoms with Gasteiger partial charge >= 0.3 is 0 Å². The minimum atomic E-state index is -1.61. The van der Waals surface area contributed by atoms with Crippen molar-refractivity contribution in [2.75, 3.05) is 0 Å². The minimum Gasteiger partial charge on any atom is -0.166 e. The lowest BCUT2D eigenvalue weighted by atomic mass is 10.2. The number of aryl methyl sites for hydroxylation is 1. The Labute approximate surface area is 106 Å². The summed E-state index contributed by atoms with van der Waals surface area (Å²) in [7, 11) is -1.61. The first kappa shape index (κ1) is 13.8.